The molecule has 34 heavy (non-hydrogen) atoms. The lowest BCUT2D eigenvalue weighted by Crippen LogP contribution is -2.26. The van der Waals surface area contributed by atoms with Crippen molar-refractivity contribution in [1.29, 1.82) is 0 Å². The molecule has 0 saturated carbocycles. The van der Waals surface area contributed by atoms with E-state index in [0.29, 0.717) is 29.7 Å². The van der Waals surface area contributed by atoms with Crippen LogP contribution in [0, 0.1) is 5.82 Å². The molecule has 2 aromatic carbocycles. The third-order valence-corrected chi connectivity index (χ3v) is 5.95. The lowest BCUT2D eigenvalue weighted by atomic mass is 10.0. The van der Waals surface area contributed by atoms with Crippen LogP contribution in [0.1, 0.15) is 40.5 Å². The summed E-state index contributed by atoms with van der Waals surface area (Å²) in [5.41, 5.74) is 1.09. The number of halogens is 2. The highest BCUT2D eigenvalue weighted by Gasteiger charge is 2.31. The Kier molecular flexibility index (Phi) is 7.02. The number of carboxylic acid groups (broad SMARTS) is 1. The molecule has 1 saturated heterocycles. The van der Waals surface area contributed by atoms with Gasteiger partial charge >= 0.3 is 5.97 Å². The third-order valence-electron chi connectivity index (χ3n) is 5.66. The number of carboxylic acids is 1. The molecule has 1 aliphatic rings. The van der Waals surface area contributed by atoms with E-state index in [0.717, 1.165) is 18.4 Å². The summed E-state index contributed by atoms with van der Waals surface area (Å²) in [5, 5.41) is 9.51. The summed E-state index contributed by atoms with van der Waals surface area (Å²) in [6.07, 6.45) is 3.04. The second kappa shape index (κ2) is 10.1. The summed E-state index contributed by atoms with van der Waals surface area (Å²) in [6, 6.07) is 9.51. The molecule has 0 spiro atoms. The van der Waals surface area contributed by atoms with Gasteiger partial charge in [-0.1, -0.05) is 11.6 Å². The number of rotatable bonds is 8. The number of anilines is 1. The summed E-state index contributed by atoms with van der Waals surface area (Å²) in [7, 11) is 3.20. The Hall–Kier alpha value is -3.59. The van der Waals surface area contributed by atoms with E-state index < -0.39 is 11.8 Å². The van der Waals surface area contributed by atoms with Gasteiger partial charge in [0.15, 0.2) is 0 Å². The highest BCUT2D eigenvalue weighted by atomic mass is 35.5. The zero-order valence-corrected chi connectivity index (χ0v) is 19.4. The number of benzene rings is 2. The van der Waals surface area contributed by atoms with Crippen molar-refractivity contribution in [3.63, 3.8) is 0 Å². The van der Waals surface area contributed by atoms with Crippen LogP contribution in [-0.4, -0.2) is 41.8 Å². The summed E-state index contributed by atoms with van der Waals surface area (Å²) in [6.45, 7) is 0.545. The predicted molar refractivity (Wildman–Crippen MR) is 124 cm³/mol. The molecule has 4 rings (SSSR count). The lowest BCUT2D eigenvalue weighted by molar-refractivity contribution is 0.0692. The number of hydrogen-bond acceptors (Lipinski definition) is 7. The first-order valence-corrected chi connectivity index (χ1v) is 10.9. The van der Waals surface area contributed by atoms with Crippen LogP contribution in [0.15, 0.2) is 42.6 Å². The second-order valence-corrected chi connectivity index (χ2v) is 8.07. The normalized spacial score (nSPS) is 15.3. The fourth-order valence-electron chi connectivity index (χ4n) is 3.98. The molecular weight excluding hydrogens is 465 g/mol. The van der Waals surface area contributed by atoms with E-state index in [-0.39, 0.29) is 28.9 Å². The Morgan fingerprint density at radius 3 is 2.71 bits per heavy atom. The van der Waals surface area contributed by atoms with Crippen LogP contribution < -0.4 is 19.1 Å². The van der Waals surface area contributed by atoms with Crippen LogP contribution in [-0.2, 0) is 6.61 Å². The molecule has 3 aromatic rings. The molecule has 0 bridgehead atoms. The van der Waals surface area contributed by atoms with Gasteiger partial charge in [-0.3, -0.25) is 0 Å². The van der Waals surface area contributed by atoms with Gasteiger partial charge in [-0.2, -0.15) is 0 Å². The minimum absolute atomic E-state index is 0.0544. The number of aromatic nitrogens is 2. The van der Waals surface area contributed by atoms with Crippen LogP contribution >= 0.6 is 11.6 Å². The van der Waals surface area contributed by atoms with Gasteiger partial charge in [0.2, 0.25) is 5.95 Å². The molecule has 0 unspecified atom stereocenters. The molecule has 1 N–H and O–H groups in total. The van der Waals surface area contributed by atoms with Gasteiger partial charge in [-0.15, -0.1) is 0 Å². The smallest absolute Gasteiger partial charge is 0.339 e. The minimum Gasteiger partial charge on any atom is -0.497 e. The lowest BCUT2D eigenvalue weighted by Gasteiger charge is -2.27. The Morgan fingerprint density at radius 2 is 2.00 bits per heavy atom. The van der Waals surface area contributed by atoms with Gasteiger partial charge in [-0.05, 0) is 37.1 Å². The average Bonchev–Trinajstić information content (AvgIpc) is 3.33. The molecule has 1 aromatic heterocycles. The van der Waals surface area contributed by atoms with Crippen LogP contribution in [0.4, 0.5) is 10.3 Å². The molecule has 0 amide bonds. The Morgan fingerprint density at radius 1 is 1.21 bits per heavy atom. The molecule has 1 atom stereocenters. The van der Waals surface area contributed by atoms with Crippen molar-refractivity contribution in [3.8, 4) is 17.2 Å². The maximum Gasteiger partial charge on any atom is 0.339 e. The molecular formula is C24H23ClFN3O5. The maximum absolute atomic E-state index is 13.4. The first kappa shape index (κ1) is 23.6. The molecule has 0 radical (unpaired) electrons. The number of methoxy groups -OCH3 is 2. The molecule has 1 aliphatic heterocycles. The van der Waals surface area contributed by atoms with Crippen molar-refractivity contribution in [1.82, 2.24) is 9.97 Å². The van der Waals surface area contributed by atoms with Crippen LogP contribution in [0.25, 0.3) is 0 Å². The molecule has 8 nitrogen and oxygen atoms in total. The van der Waals surface area contributed by atoms with E-state index in [4.69, 9.17) is 25.8 Å². The number of aromatic carboxylic acids is 1. The van der Waals surface area contributed by atoms with Gasteiger partial charge < -0.3 is 24.2 Å². The Bertz CT molecular complexity index is 1210. The van der Waals surface area contributed by atoms with E-state index in [9.17, 15) is 14.3 Å². The van der Waals surface area contributed by atoms with Crippen molar-refractivity contribution in [2.24, 2.45) is 0 Å². The second-order valence-electron chi connectivity index (χ2n) is 7.66. The van der Waals surface area contributed by atoms with Crippen molar-refractivity contribution in [2.45, 2.75) is 25.5 Å². The number of nitrogens with zero attached hydrogens (tertiary/aromatic N) is 3. The van der Waals surface area contributed by atoms with Gasteiger partial charge in [0.05, 0.1) is 31.0 Å². The summed E-state index contributed by atoms with van der Waals surface area (Å²) in [5.74, 6) is 0.324. The average molecular weight is 488 g/mol. The monoisotopic (exact) mass is 487 g/mol. The van der Waals surface area contributed by atoms with Gasteiger partial charge in [0.1, 0.15) is 35.2 Å². The molecule has 0 aliphatic carbocycles. The van der Waals surface area contributed by atoms with Gasteiger partial charge in [0, 0.05) is 30.4 Å². The first-order valence-electron chi connectivity index (χ1n) is 10.6. The Labute approximate surface area is 200 Å². The number of ether oxygens (including phenoxy) is 3. The highest BCUT2D eigenvalue weighted by molar-refractivity contribution is 6.30. The largest absolute Gasteiger partial charge is 0.497 e. The molecule has 10 heteroatoms. The Balaban J connectivity index is 1.63. The topological polar surface area (TPSA) is 94.0 Å². The van der Waals surface area contributed by atoms with E-state index >= 15 is 0 Å². The fraction of sp³-hybridized carbons (Fsp3) is 0.292. The van der Waals surface area contributed by atoms with Crippen LogP contribution in [0.3, 0.4) is 0 Å². The van der Waals surface area contributed by atoms with Gasteiger partial charge in [-0.25, -0.2) is 19.2 Å². The first-order chi connectivity index (χ1) is 16.4. The van der Waals surface area contributed by atoms with Crippen molar-refractivity contribution in [2.75, 3.05) is 25.7 Å². The molecule has 178 valence electrons. The predicted octanol–water partition coefficient (Wildman–Crippen LogP) is 4.91. The summed E-state index contributed by atoms with van der Waals surface area (Å²) >= 11 is 5.81. The van der Waals surface area contributed by atoms with Crippen molar-refractivity contribution in [3.05, 3.63) is 70.3 Å². The van der Waals surface area contributed by atoms with Gasteiger partial charge in [0.25, 0.3) is 0 Å². The van der Waals surface area contributed by atoms with Crippen molar-refractivity contribution < 1.29 is 28.5 Å². The zero-order valence-electron chi connectivity index (χ0n) is 18.6. The zero-order chi connectivity index (χ0) is 24.2. The standard InChI is InChI=1S/C24H23ClFN3O5/c1-32-14-5-7-16(22(11-14)33-2)21-4-3-9-29(21)24-27-12-17(23(30)31)20(28-24)13-34-15-6-8-19(26)18(25)10-15/h5-8,10-12,21H,3-4,9,13H2,1-2H3,(H,30,31)/t21-/m0/s1. The molecule has 1 fully saturated rings. The summed E-state index contributed by atoms with van der Waals surface area (Å²) < 4.78 is 30.0. The van der Waals surface area contributed by atoms with E-state index in [1.807, 2.05) is 23.1 Å². The number of hydrogen-bond donors (Lipinski definition) is 1. The highest BCUT2D eigenvalue weighted by Crippen LogP contribution is 2.40. The van der Waals surface area contributed by atoms with E-state index in [2.05, 4.69) is 9.97 Å². The fourth-order valence-corrected chi connectivity index (χ4v) is 4.15. The quantitative estimate of drug-likeness (QED) is 0.479. The molecule has 2 heterocycles. The van der Waals surface area contributed by atoms with Crippen LogP contribution in [0.5, 0.6) is 17.2 Å². The third kappa shape index (κ3) is 4.84. The van der Waals surface area contributed by atoms with Crippen molar-refractivity contribution >= 4 is 23.5 Å². The SMILES string of the molecule is COc1ccc([C@@H]2CCCN2c2ncc(C(=O)O)c(COc3ccc(F)c(Cl)c3)n2)c(OC)c1. The maximum atomic E-state index is 13.4. The van der Waals surface area contributed by atoms with E-state index in [1.54, 1.807) is 14.2 Å². The van der Waals surface area contributed by atoms with E-state index in [1.165, 1.54) is 24.4 Å². The van der Waals surface area contributed by atoms with Crippen LogP contribution in [0.2, 0.25) is 5.02 Å². The minimum atomic E-state index is -1.17. The summed E-state index contributed by atoms with van der Waals surface area (Å²) in [4.78, 5) is 22.6. The number of carbonyl (C=O) groups is 1.